The highest BCUT2D eigenvalue weighted by Gasteiger charge is 2.08. The first kappa shape index (κ1) is 23.7. The van der Waals surface area contributed by atoms with Crippen LogP contribution >= 0.6 is 11.8 Å². The minimum Gasteiger partial charge on any atom is -0.496 e. The maximum absolute atomic E-state index is 5.42. The van der Waals surface area contributed by atoms with Gasteiger partial charge >= 0.3 is 0 Å². The SMILES string of the molecule is CN=C(NCCc1ccc(OC)c(OC)c1)NCC(C)CSc1ccccc1OC. The Kier molecular flexibility index (Phi) is 10.2. The highest BCUT2D eigenvalue weighted by atomic mass is 32.2. The fourth-order valence-corrected chi connectivity index (χ4v) is 3.93. The second kappa shape index (κ2) is 12.9. The molecule has 0 heterocycles. The number of benzene rings is 2. The van der Waals surface area contributed by atoms with Crippen LogP contribution in [0.5, 0.6) is 17.2 Å². The number of guanidine groups is 1. The van der Waals surface area contributed by atoms with Crippen molar-refractivity contribution >= 4 is 17.7 Å². The molecule has 2 aromatic carbocycles. The Labute approximate surface area is 184 Å². The number of rotatable bonds is 11. The number of nitrogens with zero attached hydrogens (tertiary/aromatic N) is 1. The molecule has 0 aromatic heterocycles. The third-order valence-corrected chi connectivity index (χ3v) is 5.97. The first-order valence-corrected chi connectivity index (χ1v) is 11.0. The lowest BCUT2D eigenvalue weighted by Crippen LogP contribution is -2.40. The standard InChI is InChI=1S/C23H33N3O3S/c1-17(16-30-22-9-7-6-8-20(22)28-4)15-26-23(24-2)25-13-12-18-10-11-19(27-3)21(14-18)29-5/h6-11,14,17H,12-13,15-16H2,1-5H3,(H2,24,25,26). The van der Waals surface area contributed by atoms with Gasteiger partial charge < -0.3 is 24.8 Å². The predicted octanol–water partition coefficient (Wildman–Crippen LogP) is 3.85. The van der Waals surface area contributed by atoms with Gasteiger partial charge in [-0.2, -0.15) is 0 Å². The molecule has 0 aliphatic rings. The molecule has 1 atom stereocenters. The second-order valence-corrected chi connectivity index (χ2v) is 7.95. The average molecular weight is 432 g/mol. The van der Waals surface area contributed by atoms with Crippen LogP contribution in [0, 0.1) is 5.92 Å². The molecule has 164 valence electrons. The summed E-state index contributed by atoms with van der Waals surface area (Å²) in [6.07, 6.45) is 0.861. The summed E-state index contributed by atoms with van der Waals surface area (Å²) in [7, 11) is 6.80. The Morgan fingerprint density at radius 1 is 0.967 bits per heavy atom. The van der Waals surface area contributed by atoms with Crippen molar-refractivity contribution < 1.29 is 14.2 Å². The molecule has 2 rings (SSSR count). The smallest absolute Gasteiger partial charge is 0.190 e. The number of aliphatic imine (C=N–C) groups is 1. The van der Waals surface area contributed by atoms with Crippen molar-refractivity contribution in [1.82, 2.24) is 10.6 Å². The normalized spacial score (nSPS) is 12.2. The van der Waals surface area contributed by atoms with E-state index in [0.717, 1.165) is 48.5 Å². The van der Waals surface area contributed by atoms with E-state index in [-0.39, 0.29) is 0 Å². The predicted molar refractivity (Wildman–Crippen MR) is 125 cm³/mol. The van der Waals surface area contributed by atoms with Crippen LogP contribution in [0.15, 0.2) is 52.4 Å². The Morgan fingerprint density at radius 3 is 2.40 bits per heavy atom. The third-order valence-electron chi connectivity index (χ3n) is 4.59. The van der Waals surface area contributed by atoms with Crippen LogP contribution in [-0.4, -0.2) is 53.2 Å². The van der Waals surface area contributed by atoms with Crippen molar-refractivity contribution in [3.63, 3.8) is 0 Å². The van der Waals surface area contributed by atoms with Crippen molar-refractivity contribution in [2.45, 2.75) is 18.2 Å². The van der Waals surface area contributed by atoms with E-state index in [2.05, 4.69) is 34.7 Å². The van der Waals surface area contributed by atoms with Gasteiger partial charge in [0.1, 0.15) is 5.75 Å². The molecule has 1 unspecified atom stereocenters. The minimum absolute atomic E-state index is 0.476. The number of hydrogen-bond donors (Lipinski definition) is 2. The van der Waals surface area contributed by atoms with Crippen LogP contribution in [0.4, 0.5) is 0 Å². The zero-order valence-electron chi connectivity index (χ0n) is 18.5. The highest BCUT2D eigenvalue weighted by molar-refractivity contribution is 7.99. The van der Waals surface area contributed by atoms with E-state index in [4.69, 9.17) is 14.2 Å². The van der Waals surface area contributed by atoms with E-state index in [1.165, 1.54) is 10.5 Å². The van der Waals surface area contributed by atoms with E-state index in [0.29, 0.717) is 5.92 Å². The molecule has 0 bridgehead atoms. The maximum Gasteiger partial charge on any atom is 0.190 e. The lowest BCUT2D eigenvalue weighted by molar-refractivity contribution is 0.354. The summed E-state index contributed by atoms with van der Waals surface area (Å²) in [5.74, 6) is 4.70. The van der Waals surface area contributed by atoms with Gasteiger partial charge in [-0.15, -0.1) is 11.8 Å². The van der Waals surface area contributed by atoms with E-state index in [1.807, 2.05) is 42.1 Å². The number of nitrogens with one attached hydrogen (secondary N) is 2. The van der Waals surface area contributed by atoms with Gasteiger partial charge in [0.2, 0.25) is 0 Å². The zero-order chi connectivity index (χ0) is 21.8. The number of hydrogen-bond acceptors (Lipinski definition) is 5. The van der Waals surface area contributed by atoms with Crippen LogP contribution in [0.1, 0.15) is 12.5 Å². The van der Waals surface area contributed by atoms with Crippen molar-refractivity contribution in [3.05, 3.63) is 48.0 Å². The Hall–Kier alpha value is -2.54. The maximum atomic E-state index is 5.42. The lowest BCUT2D eigenvalue weighted by Gasteiger charge is -2.16. The second-order valence-electron chi connectivity index (χ2n) is 6.89. The summed E-state index contributed by atoms with van der Waals surface area (Å²) in [5.41, 5.74) is 1.18. The molecule has 0 radical (unpaired) electrons. The average Bonchev–Trinajstić information content (AvgIpc) is 2.79. The van der Waals surface area contributed by atoms with Crippen LogP contribution in [-0.2, 0) is 6.42 Å². The summed E-state index contributed by atoms with van der Waals surface area (Å²) < 4.78 is 16.1. The minimum atomic E-state index is 0.476. The molecule has 0 aliphatic heterocycles. The molecular weight excluding hydrogens is 398 g/mol. The molecule has 0 saturated carbocycles. The number of thioether (sulfide) groups is 1. The topological polar surface area (TPSA) is 64.1 Å². The van der Waals surface area contributed by atoms with E-state index in [9.17, 15) is 0 Å². The Bertz CT molecular complexity index is 814. The quantitative estimate of drug-likeness (QED) is 0.320. The van der Waals surface area contributed by atoms with Crippen LogP contribution < -0.4 is 24.8 Å². The largest absolute Gasteiger partial charge is 0.496 e. The molecule has 7 heteroatoms. The molecule has 30 heavy (non-hydrogen) atoms. The van der Waals surface area contributed by atoms with E-state index >= 15 is 0 Å². The Balaban J connectivity index is 1.74. The van der Waals surface area contributed by atoms with Crippen molar-refractivity contribution in [2.24, 2.45) is 10.9 Å². The van der Waals surface area contributed by atoms with Crippen molar-refractivity contribution in [1.29, 1.82) is 0 Å². The van der Waals surface area contributed by atoms with Gasteiger partial charge in [-0.25, -0.2) is 0 Å². The van der Waals surface area contributed by atoms with Crippen LogP contribution in [0.2, 0.25) is 0 Å². The number of para-hydroxylation sites is 1. The van der Waals surface area contributed by atoms with Crippen molar-refractivity contribution in [2.75, 3.05) is 47.2 Å². The first-order valence-electron chi connectivity index (χ1n) is 10.0. The molecule has 2 N–H and O–H groups in total. The zero-order valence-corrected chi connectivity index (χ0v) is 19.3. The fourth-order valence-electron chi connectivity index (χ4n) is 2.88. The van der Waals surface area contributed by atoms with Crippen molar-refractivity contribution in [3.8, 4) is 17.2 Å². The molecule has 0 spiro atoms. The number of ether oxygens (including phenoxy) is 3. The fraction of sp³-hybridized carbons (Fsp3) is 0.435. The summed E-state index contributed by atoms with van der Waals surface area (Å²) in [5, 5.41) is 6.78. The molecule has 2 aromatic rings. The molecule has 0 fully saturated rings. The van der Waals surface area contributed by atoms with Crippen LogP contribution in [0.3, 0.4) is 0 Å². The molecule has 0 amide bonds. The lowest BCUT2D eigenvalue weighted by atomic mass is 10.1. The summed E-state index contributed by atoms with van der Waals surface area (Å²) >= 11 is 1.81. The van der Waals surface area contributed by atoms with Gasteiger partial charge in [0, 0.05) is 30.8 Å². The summed E-state index contributed by atoms with van der Waals surface area (Å²) in [6.45, 7) is 3.85. The van der Waals surface area contributed by atoms with Gasteiger partial charge in [0.05, 0.1) is 21.3 Å². The first-order chi connectivity index (χ1) is 14.6. The van der Waals surface area contributed by atoms with E-state index in [1.54, 1.807) is 28.4 Å². The molecule has 0 aliphatic carbocycles. The highest BCUT2D eigenvalue weighted by Crippen LogP contribution is 2.30. The molecule has 6 nitrogen and oxygen atoms in total. The third kappa shape index (κ3) is 7.37. The monoisotopic (exact) mass is 431 g/mol. The van der Waals surface area contributed by atoms with Gasteiger partial charge in [-0.05, 0) is 42.2 Å². The molecular formula is C23H33N3O3S. The van der Waals surface area contributed by atoms with Gasteiger partial charge in [0.25, 0.3) is 0 Å². The summed E-state index contributed by atoms with van der Waals surface area (Å²) in [6, 6.07) is 14.1. The van der Waals surface area contributed by atoms with Gasteiger partial charge in [-0.1, -0.05) is 25.1 Å². The van der Waals surface area contributed by atoms with E-state index < -0.39 is 0 Å². The molecule has 0 saturated heterocycles. The van der Waals surface area contributed by atoms with Gasteiger partial charge in [-0.3, -0.25) is 4.99 Å². The van der Waals surface area contributed by atoms with Gasteiger partial charge in [0.15, 0.2) is 17.5 Å². The summed E-state index contributed by atoms with van der Waals surface area (Å²) in [4.78, 5) is 5.49. The number of methoxy groups -OCH3 is 3. The van der Waals surface area contributed by atoms with Crippen LogP contribution in [0.25, 0.3) is 0 Å². The Morgan fingerprint density at radius 2 is 1.70 bits per heavy atom.